The van der Waals surface area contributed by atoms with Gasteiger partial charge in [0.15, 0.2) is 0 Å². The summed E-state index contributed by atoms with van der Waals surface area (Å²) in [6.07, 6.45) is 3.56. The van der Waals surface area contributed by atoms with E-state index in [-0.39, 0.29) is 25.8 Å². The molecule has 20 nitrogen and oxygen atoms in total. The first-order chi connectivity index (χ1) is 27.7. The van der Waals surface area contributed by atoms with Crippen molar-refractivity contribution in [3.63, 3.8) is 0 Å². The summed E-state index contributed by atoms with van der Waals surface area (Å²) < 4.78 is 0. The molecule has 7 amide bonds. The van der Waals surface area contributed by atoms with E-state index in [1.807, 2.05) is 0 Å². The van der Waals surface area contributed by atoms with E-state index in [9.17, 15) is 48.6 Å². The second kappa shape index (κ2) is 26.1. The van der Waals surface area contributed by atoms with Crippen LogP contribution in [0.3, 0.4) is 0 Å². The lowest BCUT2D eigenvalue weighted by Gasteiger charge is -2.30. The summed E-state index contributed by atoms with van der Waals surface area (Å²) in [4.78, 5) is 106. The topological polar surface area (TPSA) is 330 Å². The first-order valence-electron chi connectivity index (χ1n) is 19.7. The molecule has 0 saturated carbocycles. The number of aliphatic hydroxyl groups excluding tert-OH is 2. The van der Waals surface area contributed by atoms with E-state index in [1.165, 1.54) is 18.7 Å². The number of hydrogen-bond acceptors (Lipinski definition) is 13. The van der Waals surface area contributed by atoms with Gasteiger partial charge in [0.25, 0.3) is 0 Å². The van der Waals surface area contributed by atoms with E-state index in [2.05, 4.69) is 31.9 Å². The summed E-state index contributed by atoms with van der Waals surface area (Å²) in [5.41, 5.74) is 17.5. The number of carbonyl (C=O) groups excluding carboxylic acids is 8. The Hall–Kier alpha value is -5.02. The van der Waals surface area contributed by atoms with Crippen LogP contribution in [0.5, 0.6) is 0 Å². The van der Waals surface area contributed by atoms with Crippen molar-refractivity contribution in [2.75, 3.05) is 32.8 Å². The Balaban J connectivity index is 2.27. The molecule has 0 bridgehead atoms. The van der Waals surface area contributed by atoms with Crippen LogP contribution in [-0.2, 0) is 44.8 Å². The number of amides is 7. The predicted molar refractivity (Wildman–Crippen MR) is 212 cm³/mol. The summed E-state index contributed by atoms with van der Waals surface area (Å²) in [5, 5.41) is 35.4. The second-order valence-corrected chi connectivity index (χ2v) is 14.3. The average Bonchev–Trinajstić information content (AvgIpc) is 3.71. The number of carbonyl (C=O) groups is 8. The van der Waals surface area contributed by atoms with Crippen LogP contribution < -0.4 is 49.1 Å². The highest BCUT2D eigenvalue weighted by Gasteiger charge is 2.39. The van der Waals surface area contributed by atoms with Gasteiger partial charge >= 0.3 is 0 Å². The third-order valence-electron chi connectivity index (χ3n) is 9.51. The maximum absolute atomic E-state index is 13.8. The van der Waals surface area contributed by atoms with Gasteiger partial charge in [0.2, 0.25) is 41.4 Å². The van der Waals surface area contributed by atoms with Crippen LogP contribution in [0.15, 0.2) is 30.3 Å². The third kappa shape index (κ3) is 16.1. The van der Waals surface area contributed by atoms with Crippen molar-refractivity contribution in [2.24, 2.45) is 17.2 Å². The molecule has 1 aromatic carbocycles. The lowest BCUT2D eigenvalue weighted by molar-refractivity contribution is -0.142. The zero-order valence-electron chi connectivity index (χ0n) is 33.3. The maximum atomic E-state index is 13.8. The van der Waals surface area contributed by atoms with Crippen LogP contribution >= 0.6 is 0 Å². The van der Waals surface area contributed by atoms with Gasteiger partial charge in [-0.1, -0.05) is 30.3 Å². The lowest BCUT2D eigenvalue weighted by Crippen LogP contribution is -2.61. The molecule has 20 heteroatoms. The van der Waals surface area contributed by atoms with Gasteiger partial charge in [-0.2, -0.15) is 0 Å². The summed E-state index contributed by atoms with van der Waals surface area (Å²) in [6.45, 7) is 2.03. The minimum absolute atomic E-state index is 0.113. The van der Waals surface area contributed by atoms with E-state index in [1.54, 1.807) is 30.3 Å². The molecule has 0 radical (unpaired) electrons. The zero-order chi connectivity index (χ0) is 43.2. The number of nitrogens with zero attached hydrogens (tertiary/aromatic N) is 1. The van der Waals surface area contributed by atoms with Crippen LogP contribution in [0.1, 0.15) is 70.8 Å². The maximum Gasteiger partial charge on any atom is 0.245 e. The number of aliphatic hydroxyl groups is 2. The van der Waals surface area contributed by atoms with Crippen molar-refractivity contribution in [3.8, 4) is 0 Å². The number of nitrogens with two attached hydrogens (primary N) is 3. The Bertz CT molecular complexity index is 1520. The Morgan fingerprint density at radius 2 is 1.19 bits per heavy atom. The molecule has 58 heavy (non-hydrogen) atoms. The zero-order valence-corrected chi connectivity index (χ0v) is 33.3. The number of aldehydes is 1. The molecule has 1 aliphatic heterocycles. The van der Waals surface area contributed by atoms with Gasteiger partial charge in [0, 0.05) is 13.0 Å². The highest BCUT2D eigenvalue weighted by atomic mass is 16.3. The number of rotatable bonds is 26. The minimum atomic E-state index is -1.60. The van der Waals surface area contributed by atoms with Crippen molar-refractivity contribution >= 4 is 47.6 Å². The van der Waals surface area contributed by atoms with Crippen LogP contribution in [0.2, 0.25) is 0 Å². The number of benzene rings is 1. The molecule has 0 aromatic heterocycles. The van der Waals surface area contributed by atoms with Crippen molar-refractivity contribution in [1.29, 1.82) is 0 Å². The fourth-order valence-electron chi connectivity index (χ4n) is 6.21. The molecule has 14 N–H and O–H groups in total. The summed E-state index contributed by atoms with van der Waals surface area (Å²) in [5.74, 6) is -5.26. The minimum Gasteiger partial charge on any atom is -0.394 e. The molecule has 8 atom stereocenters. The molecule has 324 valence electrons. The van der Waals surface area contributed by atoms with Crippen molar-refractivity contribution in [2.45, 2.75) is 120 Å². The lowest BCUT2D eigenvalue weighted by atomic mass is 10.0. The van der Waals surface area contributed by atoms with Crippen LogP contribution in [-0.4, -0.2) is 144 Å². The summed E-state index contributed by atoms with van der Waals surface area (Å²) in [6, 6.07) is -0.905. The molecule has 1 heterocycles. The molecular weight excluding hydrogens is 756 g/mol. The first kappa shape index (κ1) is 49.1. The standard InChI is InChI=1S/C38H62N10O10/c1-23(20-49)42-37(57)31-15-10-18-48(31)38(58)27(14-7-9-17-40)44-35(55)29(21-50)47-34(54)28(19-25-11-4-3-5-12-25)45-36(56)30(22-51)46-33(53)26(13-6-8-16-39)43-32(52)24(2)41/h3-5,11-12,20,23-24,26-31,50-51H,6-10,13-19,21-22,39-41H2,1-2H3,(H,42,57)(H,43,52)(H,44,55)(H,45,56)(H,46,53)(H,47,54)/t23-,24-,26-,27-,28-,29-,30-,31-/m0/s1. The molecule has 0 spiro atoms. The number of unbranched alkanes of at least 4 members (excludes halogenated alkanes) is 2. The molecule has 1 aromatic rings. The molecule has 1 fully saturated rings. The van der Waals surface area contributed by atoms with E-state index in [0.717, 1.165) is 0 Å². The fourth-order valence-corrected chi connectivity index (χ4v) is 6.21. The Labute approximate surface area is 338 Å². The third-order valence-corrected chi connectivity index (χ3v) is 9.51. The quantitative estimate of drug-likeness (QED) is 0.0314. The van der Waals surface area contributed by atoms with E-state index < -0.39 is 103 Å². The molecule has 1 saturated heterocycles. The van der Waals surface area contributed by atoms with E-state index in [0.29, 0.717) is 63.5 Å². The van der Waals surface area contributed by atoms with Crippen molar-refractivity contribution in [1.82, 2.24) is 36.8 Å². The van der Waals surface area contributed by atoms with Crippen LogP contribution in [0.4, 0.5) is 0 Å². The number of nitrogens with one attached hydrogen (secondary N) is 6. The van der Waals surface area contributed by atoms with Gasteiger partial charge in [-0.25, -0.2) is 0 Å². The SMILES string of the molecule is C[C@H](N)C(=O)N[C@@H](CCCCN)C(=O)N[C@@H](CO)C(=O)N[C@@H](Cc1ccccc1)C(=O)N[C@@H](CO)C(=O)N[C@@H](CCCCN)C(=O)N1CCC[C@H]1C(=O)N[C@@H](C)C=O. The highest BCUT2D eigenvalue weighted by Crippen LogP contribution is 2.20. The van der Waals surface area contributed by atoms with Gasteiger partial charge < -0.3 is 69.0 Å². The number of likely N-dealkylation sites (tertiary alicyclic amines) is 1. The normalized spacial score (nSPS) is 17.3. The van der Waals surface area contributed by atoms with E-state index in [4.69, 9.17) is 17.2 Å². The molecular formula is C38H62N10O10. The van der Waals surface area contributed by atoms with Crippen LogP contribution in [0, 0.1) is 0 Å². The summed E-state index contributed by atoms with van der Waals surface area (Å²) >= 11 is 0. The predicted octanol–water partition coefficient (Wildman–Crippen LogP) is -4.06. The fraction of sp³-hybridized carbons (Fsp3) is 0.632. The Kier molecular flexibility index (Phi) is 22.1. The van der Waals surface area contributed by atoms with Gasteiger partial charge in [0.1, 0.15) is 42.5 Å². The molecule has 2 rings (SSSR count). The number of hydrogen-bond donors (Lipinski definition) is 11. The van der Waals surface area contributed by atoms with E-state index >= 15 is 0 Å². The van der Waals surface area contributed by atoms with Gasteiger partial charge in [-0.3, -0.25) is 33.6 Å². The molecule has 0 aliphatic carbocycles. The smallest absolute Gasteiger partial charge is 0.245 e. The van der Waals surface area contributed by atoms with Gasteiger partial charge in [-0.05, 0) is 83.9 Å². The van der Waals surface area contributed by atoms with Gasteiger partial charge in [-0.15, -0.1) is 0 Å². The van der Waals surface area contributed by atoms with Gasteiger partial charge in [0.05, 0.1) is 25.3 Å². The highest BCUT2D eigenvalue weighted by molar-refractivity contribution is 5.97. The largest absolute Gasteiger partial charge is 0.394 e. The van der Waals surface area contributed by atoms with Crippen molar-refractivity contribution < 1.29 is 48.6 Å². The average molecular weight is 819 g/mol. The molecule has 1 aliphatic rings. The Morgan fingerprint density at radius 3 is 1.71 bits per heavy atom. The summed E-state index contributed by atoms with van der Waals surface area (Å²) in [7, 11) is 0. The van der Waals surface area contributed by atoms with Crippen LogP contribution in [0.25, 0.3) is 0 Å². The Morgan fingerprint density at radius 1 is 0.707 bits per heavy atom. The van der Waals surface area contributed by atoms with Crippen molar-refractivity contribution in [3.05, 3.63) is 35.9 Å². The monoisotopic (exact) mass is 818 g/mol. The second-order valence-electron chi connectivity index (χ2n) is 14.3. The molecule has 0 unspecified atom stereocenters. The first-order valence-corrected chi connectivity index (χ1v) is 19.7.